The van der Waals surface area contributed by atoms with E-state index in [4.69, 9.17) is 11.0 Å². The van der Waals surface area contributed by atoms with Gasteiger partial charge in [0, 0.05) is 35.3 Å². The molecule has 0 spiro atoms. The van der Waals surface area contributed by atoms with Gasteiger partial charge in [-0.2, -0.15) is 5.26 Å². The maximum absolute atomic E-state index is 10.7. The molecular formula is C26H24N6O. The van der Waals surface area contributed by atoms with E-state index in [-0.39, 0.29) is 0 Å². The second-order valence-electron chi connectivity index (χ2n) is 7.97. The third-order valence-electron chi connectivity index (χ3n) is 5.49. The van der Waals surface area contributed by atoms with E-state index in [0.717, 1.165) is 51.2 Å². The summed E-state index contributed by atoms with van der Waals surface area (Å²) < 4.78 is 0. The van der Waals surface area contributed by atoms with Crippen LogP contribution in [-0.4, -0.2) is 21.4 Å². The van der Waals surface area contributed by atoms with Gasteiger partial charge in [0.1, 0.15) is 11.6 Å². The van der Waals surface area contributed by atoms with Crippen molar-refractivity contribution in [3.63, 3.8) is 0 Å². The Labute approximate surface area is 192 Å². The summed E-state index contributed by atoms with van der Waals surface area (Å²) in [5.74, 6) is 1.63. The number of pyridine rings is 3. The number of nitrogens with two attached hydrogens (primary N) is 1. The van der Waals surface area contributed by atoms with Crippen LogP contribution in [0.2, 0.25) is 0 Å². The maximum Gasteiger partial charge on any atom is 0.212 e. The number of nitrogen functional groups attached to an aromatic ring is 1. The van der Waals surface area contributed by atoms with E-state index in [9.17, 15) is 4.79 Å². The molecule has 7 heteroatoms. The van der Waals surface area contributed by atoms with Crippen LogP contribution in [0, 0.1) is 24.2 Å². The summed E-state index contributed by atoms with van der Waals surface area (Å²) in [7, 11) is 0. The van der Waals surface area contributed by atoms with Gasteiger partial charge in [-0.25, -0.2) is 9.97 Å². The summed E-state index contributed by atoms with van der Waals surface area (Å²) in [5.41, 5.74) is 10.8. The summed E-state index contributed by atoms with van der Waals surface area (Å²) in [6, 6.07) is 17.8. The van der Waals surface area contributed by atoms with E-state index in [1.807, 2.05) is 49.4 Å². The first-order chi connectivity index (χ1) is 16.1. The Balaban J connectivity index is 0.000000376. The predicted octanol–water partition coefficient (Wildman–Crippen LogP) is 5.13. The zero-order chi connectivity index (χ0) is 23.2. The zero-order valence-corrected chi connectivity index (χ0v) is 18.3. The average molecular weight is 437 g/mol. The molecular weight excluding hydrogens is 412 g/mol. The first-order valence-electron chi connectivity index (χ1n) is 10.8. The maximum atomic E-state index is 10.7. The zero-order valence-electron chi connectivity index (χ0n) is 18.3. The highest BCUT2D eigenvalue weighted by Crippen LogP contribution is 2.35. The van der Waals surface area contributed by atoms with Crippen LogP contribution in [0.1, 0.15) is 24.8 Å². The number of nitrogens with one attached hydrogen (secondary N) is 1. The molecule has 0 atom stereocenters. The van der Waals surface area contributed by atoms with Gasteiger partial charge in [-0.1, -0.05) is 30.3 Å². The lowest BCUT2D eigenvalue weighted by molar-refractivity contribution is -0.105. The van der Waals surface area contributed by atoms with Crippen molar-refractivity contribution < 1.29 is 4.79 Å². The van der Waals surface area contributed by atoms with E-state index in [0.29, 0.717) is 18.0 Å². The van der Waals surface area contributed by atoms with E-state index in [1.54, 1.807) is 18.5 Å². The quantitative estimate of drug-likeness (QED) is 0.419. The summed E-state index contributed by atoms with van der Waals surface area (Å²) in [5, 5.41) is 12.2. The molecule has 0 saturated heterocycles. The van der Waals surface area contributed by atoms with Crippen molar-refractivity contribution in [2.75, 3.05) is 11.1 Å². The lowest BCUT2D eigenvalue weighted by Gasteiger charge is -2.13. The molecule has 1 fully saturated rings. The van der Waals surface area contributed by atoms with Crippen molar-refractivity contribution in [1.82, 2.24) is 15.0 Å². The Morgan fingerprint density at radius 2 is 1.97 bits per heavy atom. The van der Waals surface area contributed by atoms with Gasteiger partial charge in [0.05, 0.1) is 17.5 Å². The highest BCUT2D eigenvalue weighted by atomic mass is 16.1. The number of nitriles is 1. The van der Waals surface area contributed by atoms with E-state index < -0.39 is 0 Å². The number of rotatable bonds is 5. The molecule has 1 aromatic carbocycles. The number of carbonyl (C=O) groups excluding carboxylic acids is 1. The van der Waals surface area contributed by atoms with Crippen molar-refractivity contribution in [3.05, 3.63) is 66.5 Å². The number of amides is 1. The Morgan fingerprint density at radius 3 is 2.64 bits per heavy atom. The third kappa shape index (κ3) is 5.13. The van der Waals surface area contributed by atoms with E-state index in [2.05, 4.69) is 26.3 Å². The molecule has 3 aromatic heterocycles. The molecule has 4 aromatic rings. The molecule has 5 rings (SSSR count). The van der Waals surface area contributed by atoms with Crippen LogP contribution in [0.25, 0.3) is 33.3 Å². The molecule has 7 nitrogen and oxygen atoms in total. The van der Waals surface area contributed by atoms with Gasteiger partial charge in [0.15, 0.2) is 0 Å². The minimum absolute atomic E-state index is 0.384. The fourth-order valence-electron chi connectivity index (χ4n) is 3.59. The van der Waals surface area contributed by atoms with Crippen LogP contribution in [0.15, 0.2) is 60.9 Å². The number of nitrogens with zero attached hydrogens (tertiary/aromatic N) is 4. The van der Waals surface area contributed by atoms with Gasteiger partial charge in [0.2, 0.25) is 6.41 Å². The number of fused-ring (bicyclic) bond motifs is 1. The van der Waals surface area contributed by atoms with Crippen molar-refractivity contribution in [3.8, 4) is 28.6 Å². The first kappa shape index (κ1) is 21.9. The van der Waals surface area contributed by atoms with Crippen LogP contribution in [0.3, 0.4) is 0 Å². The Hall–Kier alpha value is -4.31. The smallest absolute Gasteiger partial charge is 0.212 e. The molecule has 0 bridgehead atoms. The van der Waals surface area contributed by atoms with Gasteiger partial charge < -0.3 is 11.1 Å². The number of benzene rings is 1. The number of aromatic nitrogens is 3. The van der Waals surface area contributed by atoms with Gasteiger partial charge in [-0.15, -0.1) is 0 Å². The Kier molecular flexibility index (Phi) is 6.56. The summed E-state index contributed by atoms with van der Waals surface area (Å²) in [6.07, 6.45) is 7.39. The third-order valence-corrected chi connectivity index (χ3v) is 5.49. The lowest BCUT2D eigenvalue weighted by Crippen LogP contribution is -2.00. The van der Waals surface area contributed by atoms with Gasteiger partial charge in [-0.3, -0.25) is 9.78 Å². The standard InChI is InChI=1S/C21H17N5O.C5H7N/c1-13-7-8-23-20(14-5-3-2-4-6-14)19(13)17-9-15-10-18(25-12-27)24-11-16(15)21(22)26-17;6-4-3-5-1-2-5/h2-12H,1H3,(H2,22,26)(H,24,25,27);5H,1-3H2. The first-order valence-corrected chi connectivity index (χ1v) is 10.8. The van der Waals surface area contributed by atoms with Crippen LogP contribution >= 0.6 is 0 Å². The molecule has 0 unspecified atom stereocenters. The average Bonchev–Trinajstić information content (AvgIpc) is 3.64. The summed E-state index contributed by atoms with van der Waals surface area (Å²) >= 11 is 0. The summed E-state index contributed by atoms with van der Waals surface area (Å²) in [4.78, 5) is 24.1. The van der Waals surface area contributed by atoms with Crippen LogP contribution in [0.5, 0.6) is 0 Å². The molecule has 3 heterocycles. The van der Waals surface area contributed by atoms with Crippen LogP contribution in [-0.2, 0) is 4.79 Å². The Bertz CT molecular complexity index is 1330. The van der Waals surface area contributed by atoms with Crippen LogP contribution < -0.4 is 11.1 Å². The second kappa shape index (κ2) is 9.88. The van der Waals surface area contributed by atoms with Crippen molar-refractivity contribution >= 4 is 28.8 Å². The fraction of sp³-hybridized carbons (Fsp3) is 0.192. The van der Waals surface area contributed by atoms with E-state index in [1.165, 1.54) is 12.8 Å². The van der Waals surface area contributed by atoms with Gasteiger partial charge in [0.25, 0.3) is 0 Å². The number of aryl methyl sites for hydroxylation is 1. The van der Waals surface area contributed by atoms with Gasteiger partial charge in [-0.05, 0) is 54.8 Å². The molecule has 0 aliphatic heterocycles. The largest absolute Gasteiger partial charge is 0.383 e. The molecule has 1 saturated carbocycles. The molecule has 1 aliphatic rings. The van der Waals surface area contributed by atoms with Gasteiger partial charge >= 0.3 is 0 Å². The SMILES string of the molecule is Cc1ccnc(-c2ccccc2)c1-c1cc2cc(NC=O)ncc2c(N)n1.N#CCC1CC1. The monoisotopic (exact) mass is 436 g/mol. The predicted molar refractivity (Wildman–Crippen MR) is 130 cm³/mol. The molecule has 3 N–H and O–H groups in total. The molecule has 1 amide bonds. The molecule has 0 radical (unpaired) electrons. The van der Waals surface area contributed by atoms with Crippen molar-refractivity contribution in [2.24, 2.45) is 5.92 Å². The number of hydrogen-bond donors (Lipinski definition) is 2. The Morgan fingerprint density at radius 1 is 1.18 bits per heavy atom. The normalized spacial score (nSPS) is 12.4. The molecule has 164 valence electrons. The van der Waals surface area contributed by atoms with Crippen molar-refractivity contribution in [2.45, 2.75) is 26.2 Å². The minimum atomic E-state index is 0.384. The molecule has 33 heavy (non-hydrogen) atoms. The highest BCUT2D eigenvalue weighted by Gasteiger charge is 2.19. The van der Waals surface area contributed by atoms with E-state index >= 15 is 0 Å². The lowest BCUT2D eigenvalue weighted by atomic mass is 9.98. The topological polar surface area (TPSA) is 118 Å². The number of carbonyl (C=O) groups is 1. The molecule has 1 aliphatic carbocycles. The fourth-order valence-corrected chi connectivity index (χ4v) is 3.59. The summed E-state index contributed by atoms with van der Waals surface area (Å²) in [6.45, 7) is 2.03. The number of anilines is 2. The van der Waals surface area contributed by atoms with Crippen LogP contribution in [0.4, 0.5) is 11.6 Å². The highest BCUT2D eigenvalue weighted by molar-refractivity contribution is 5.96. The minimum Gasteiger partial charge on any atom is -0.383 e. The van der Waals surface area contributed by atoms with Crippen molar-refractivity contribution in [1.29, 1.82) is 5.26 Å². The number of hydrogen-bond acceptors (Lipinski definition) is 6. The second-order valence-corrected chi connectivity index (χ2v) is 7.97.